The Labute approximate surface area is 233 Å². The van der Waals surface area contributed by atoms with E-state index in [1.165, 1.54) is 5.56 Å². The van der Waals surface area contributed by atoms with E-state index >= 15 is 0 Å². The van der Waals surface area contributed by atoms with Crippen molar-refractivity contribution in [1.29, 1.82) is 5.26 Å². The summed E-state index contributed by atoms with van der Waals surface area (Å²) in [6.45, 7) is 8.72. The van der Waals surface area contributed by atoms with Gasteiger partial charge in [-0.15, -0.1) is 11.3 Å². The molecule has 0 radical (unpaired) electrons. The first-order valence-corrected chi connectivity index (χ1v) is 14.3. The van der Waals surface area contributed by atoms with E-state index < -0.39 is 0 Å². The van der Waals surface area contributed by atoms with Gasteiger partial charge in [0.15, 0.2) is 0 Å². The topological polar surface area (TPSA) is 90.2 Å². The van der Waals surface area contributed by atoms with Crippen molar-refractivity contribution in [2.24, 2.45) is 0 Å². The third kappa shape index (κ3) is 6.72. The molecule has 0 bridgehead atoms. The van der Waals surface area contributed by atoms with Crippen molar-refractivity contribution in [3.05, 3.63) is 77.4 Å². The van der Waals surface area contributed by atoms with Gasteiger partial charge in [-0.3, -0.25) is 9.88 Å². The predicted octanol–water partition coefficient (Wildman–Crippen LogP) is 6.28. The number of piperazine rings is 1. The Morgan fingerprint density at radius 2 is 1.82 bits per heavy atom. The van der Waals surface area contributed by atoms with Crippen LogP contribution in [0.1, 0.15) is 43.9 Å². The van der Waals surface area contributed by atoms with Crippen LogP contribution in [0.3, 0.4) is 0 Å². The number of nitrogens with zero attached hydrogens (tertiary/aromatic N) is 6. The summed E-state index contributed by atoms with van der Waals surface area (Å²) in [5.41, 5.74) is 5.45. The number of hydrogen-bond acceptors (Lipinski definition) is 9. The molecule has 1 aliphatic heterocycles. The Morgan fingerprint density at radius 3 is 2.49 bits per heavy atom. The smallest absolute Gasteiger partial charge is 0.228 e. The molecule has 0 aliphatic carbocycles. The lowest BCUT2D eigenvalue weighted by molar-refractivity contribution is 0.197. The molecular weight excluding hydrogens is 506 g/mol. The number of aromatic nitrogens is 3. The van der Waals surface area contributed by atoms with Crippen LogP contribution < -0.4 is 15.0 Å². The number of nitrogens with one attached hydrogen (secondary N) is 1. The lowest BCUT2D eigenvalue weighted by Gasteiger charge is -2.38. The first-order chi connectivity index (χ1) is 19.1. The van der Waals surface area contributed by atoms with Gasteiger partial charge in [0.2, 0.25) is 5.95 Å². The highest BCUT2D eigenvalue weighted by Crippen LogP contribution is 2.29. The molecule has 5 rings (SSSR count). The molecule has 1 aliphatic rings. The highest BCUT2D eigenvalue weighted by atomic mass is 32.1. The van der Waals surface area contributed by atoms with Crippen LogP contribution in [-0.4, -0.2) is 52.6 Å². The fraction of sp³-hybridized carbons (Fsp3) is 0.333. The Bertz CT molecular complexity index is 1380. The molecule has 1 saturated heterocycles. The summed E-state index contributed by atoms with van der Waals surface area (Å²) in [6.07, 6.45) is 4.05. The highest BCUT2D eigenvalue weighted by molar-refractivity contribution is 7.13. The van der Waals surface area contributed by atoms with Crippen molar-refractivity contribution >= 4 is 28.8 Å². The van der Waals surface area contributed by atoms with Crippen LogP contribution >= 0.6 is 11.3 Å². The van der Waals surface area contributed by atoms with Crippen molar-refractivity contribution in [3.63, 3.8) is 0 Å². The van der Waals surface area contributed by atoms with E-state index in [0.29, 0.717) is 23.4 Å². The zero-order valence-electron chi connectivity index (χ0n) is 22.4. The minimum atomic E-state index is 0.315. The van der Waals surface area contributed by atoms with Crippen molar-refractivity contribution in [2.75, 3.05) is 43.0 Å². The Kier molecular flexibility index (Phi) is 8.66. The summed E-state index contributed by atoms with van der Waals surface area (Å²) in [6, 6.07) is 20.3. The van der Waals surface area contributed by atoms with Gasteiger partial charge in [0.25, 0.3) is 0 Å². The van der Waals surface area contributed by atoms with Gasteiger partial charge in [-0.2, -0.15) is 10.2 Å². The third-order valence-corrected chi connectivity index (χ3v) is 7.76. The number of ether oxygens (including phenoxy) is 1. The Morgan fingerprint density at radius 1 is 1.05 bits per heavy atom. The van der Waals surface area contributed by atoms with Crippen LogP contribution in [0, 0.1) is 11.3 Å². The monoisotopic (exact) mass is 539 g/mol. The molecule has 39 heavy (non-hydrogen) atoms. The Hall–Kier alpha value is -4.00. The maximum absolute atomic E-state index is 9.10. The molecule has 3 heterocycles. The lowest BCUT2D eigenvalue weighted by atomic mass is 10.1. The van der Waals surface area contributed by atoms with Gasteiger partial charge >= 0.3 is 0 Å². The fourth-order valence-electron chi connectivity index (χ4n) is 4.58. The molecule has 0 saturated carbocycles. The number of nitriles is 1. The van der Waals surface area contributed by atoms with Gasteiger partial charge in [0.1, 0.15) is 11.6 Å². The van der Waals surface area contributed by atoms with Gasteiger partial charge in [0, 0.05) is 50.2 Å². The number of anilines is 3. The summed E-state index contributed by atoms with van der Waals surface area (Å²) in [7, 11) is 0. The SMILES string of the molecule is CCCCOc1ccc(C(C)N2CCN(c3nc(Nc4ccc(C#N)cc4)cc(-c4cncs4)n3)CC2)cc1. The maximum atomic E-state index is 9.10. The molecular formula is C30H33N7OS. The lowest BCUT2D eigenvalue weighted by Crippen LogP contribution is -2.47. The van der Waals surface area contributed by atoms with Crippen molar-refractivity contribution in [3.8, 4) is 22.4 Å². The molecule has 1 fully saturated rings. The van der Waals surface area contributed by atoms with Crippen molar-refractivity contribution in [2.45, 2.75) is 32.7 Å². The number of rotatable bonds is 10. The third-order valence-electron chi connectivity index (χ3n) is 6.96. The molecule has 2 aromatic carbocycles. The van der Waals surface area contributed by atoms with E-state index in [2.05, 4.69) is 64.3 Å². The first-order valence-electron chi connectivity index (χ1n) is 13.4. The highest BCUT2D eigenvalue weighted by Gasteiger charge is 2.24. The molecule has 1 N–H and O–H groups in total. The second-order valence-corrected chi connectivity index (χ2v) is 10.5. The van der Waals surface area contributed by atoms with Crippen molar-refractivity contribution < 1.29 is 4.74 Å². The van der Waals surface area contributed by atoms with E-state index in [1.54, 1.807) is 23.5 Å². The van der Waals surface area contributed by atoms with Crippen LogP contribution in [0.2, 0.25) is 0 Å². The van der Waals surface area contributed by atoms with Gasteiger partial charge in [0.05, 0.1) is 34.3 Å². The number of thiazole rings is 1. The average Bonchev–Trinajstić information content (AvgIpc) is 3.53. The number of benzene rings is 2. The summed E-state index contributed by atoms with van der Waals surface area (Å²) in [4.78, 5) is 19.8. The molecule has 8 nitrogen and oxygen atoms in total. The van der Waals surface area contributed by atoms with E-state index in [4.69, 9.17) is 20.0 Å². The van der Waals surface area contributed by atoms with E-state index in [0.717, 1.165) is 67.6 Å². The zero-order valence-corrected chi connectivity index (χ0v) is 23.2. The molecule has 4 aromatic rings. The number of hydrogen-bond donors (Lipinski definition) is 1. The summed E-state index contributed by atoms with van der Waals surface area (Å²) in [5.74, 6) is 2.36. The molecule has 1 unspecified atom stereocenters. The fourth-order valence-corrected chi connectivity index (χ4v) is 5.16. The van der Waals surface area contributed by atoms with E-state index in [9.17, 15) is 0 Å². The molecule has 2 aromatic heterocycles. The van der Waals surface area contributed by atoms with Crippen LogP contribution in [-0.2, 0) is 0 Å². The van der Waals surface area contributed by atoms with Crippen LogP contribution in [0.25, 0.3) is 10.6 Å². The minimum Gasteiger partial charge on any atom is -0.494 e. The molecule has 9 heteroatoms. The van der Waals surface area contributed by atoms with Gasteiger partial charge in [-0.1, -0.05) is 25.5 Å². The largest absolute Gasteiger partial charge is 0.494 e. The van der Waals surface area contributed by atoms with E-state index in [-0.39, 0.29) is 0 Å². The summed E-state index contributed by atoms with van der Waals surface area (Å²) >= 11 is 1.56. The summed E-state index contributed by atoms with van der Waals surface area (Å²) in [5, 5.41) is 12.5. The maximum Gasteiger partial charge on any atom is 0.228 e. The molecule has 1 atom stereocenters. The normalized spacial score (nSPS) is 14.5. The Balaban J connectivity index is 1.27. The average molecular weight is 540 g/mol. The predicted molar refractivity (Wildman–Crippen MR) is 157 cm³/mol. The van der Waals surface area contributed by atoms with E-state index in [1.807, 2.05) is 29.9 Å². The number of unbranched alkanes of at least 4 members (excludes halogenated alkanes) is 1. The van der Waals surface area contributed by atoms with Crippen molar-refractivity contribution in [1.82, 2.24) is 19.9 Å². The van der Waals surface area contributed by atoms with Crippen LogP contribution in [0.5, 0.6) is 5.75 Å². The van der Waals surface area contributed by atoms with Gasteiger partial charge in [-0.25, -0.2) is 4.98 Å². The molecule has 200 valence electrons. The first kappa shape index (κ1) is 26.6. The summed E-state index contributed by atoms with van der Waals surface area (Å²) < 4.78 is 5.83. The molecule has 0 spiro atoms. The van der Waals surface area contributed by atoms with Crippen LogP contribution in [0.15, 0.2) is 66.3 Å². The quantitative estimate of drug-likeness (QED) is 0.236. The second kappa shape index (κ2) is 12.7. The second-order valence-electron chi connectivity index (χ2n) is 9.59. The minimum absolute atomic E-state index is 0.315. The van der Waals surface area contributed by atoms with Crippen LogP contribution in [0.4, 0.5) is 17.5 Å². The molecule has 0 amide bonds. The van der Waals surface area contributed by atoms with Gasteiger partial charge in [-0.05, 0) is 55.3 Å². The standard InChI is InChI=1S/C30H33N7OS/c1-3-4-17-38-26-11-7-24(8-12-26)22(2)36-13-15-37(16-14-36)30-34-27(28-20-32-21-39-28)18-29(35-30)33-25-9-5-23(19-31)6-10-25/h5-12,18,20-22H,3-4,13-17H2,1-2H3,(H,33,34,35). The van der Waals surface area contributed by atoms with Gasteiger partial charge < -0.3 is 15.0 Å². The zero-order chi connectivity index (χ0) is 27.0.